The summed E-state index contributed by atoms with van der Waals surface area (Å²) in [6, 6.07) is 5.51. The van der Waals surface area contributed by atoms with E-state index in [0.717, 1.165) is 5.56 Å². The summed E-state index contributed by atoms with van der Waals surface area (Å²) in [6.45, 7) is 1.66. The van der Waals surface area contributed by atoms with Crippen LogP contribution in [0.5, 0.6) is 0 Å². The fraction of sp³-hybridized carbons (Fsp3) is 0.500. The quantitative estimate of drug-likeness (QED) is 0.319. The highest BCUT2D eigenvalue weighted by Gasteiger charge is 2.22. The Labute approximate surface area is 154 Å². The van der Waals surface area contributed by atoms with Crippen molar-refractivity contribution in [2.45, 2.75) is 19.0 Å². The number of nitrogens with two attached hydrogens (primary N) is 1. The normalized spacial score (nSPS) is 13.4. The summed E-state index contributed by atoms with van der Waals surface area (Å²) in [6.07, 6.45) is 0.0429. The number of carbonyl (C=O) groups excluding carboxylic acids is 1. The first kappa shape index (κ1) is 22.4. The van der Waals surface area contributed by atoms with Gasteiger partial charge in [0.05, 0.1) is 6.61 Å². The molecular formula is C16H27N4O5P. The van der Waals surface area contributed by atoms with Crippen molar-refractivity contribution >= 4 is 20.4 Å². The van der Waals surface area contributed by atoms with E-state index in [4.69, 9.17) is 10.3 Å². The van der Waals surface area contributed by atoms with Crippen LogP contribution in [0.3, 0.4) is 0 Å². The minimum absolute atomic E-state index is 0.00938. The number of carboxylic acids is 1. The van der Waals surface area contributed by atoms with Gasteiger partial charge in [0, 0.05) is 31.6 Å². The van der Waals surface area contributed by atoms with Gasteiger partial charge in [-0.25, -0.2) is 9.46 Å². The van der Waals surface area contributed by atoms with Crippen LogP contribution in [-0.4, -0.2) is 66.4 Å². The van der Waals surface area contributed by atoms with Crippen molar-refractivity contribution in [1.82, 2.24) is 15.3 Å². The van der Waals surface area contributed by atoms with Crippen LogP contribution in [0.15, 0.2) is 24.3 Å². The molecule has 1 amide bonds. The Bertz CT molecular complexity index is 572. The van der Waals surface area contributed by atoms with Gasteiger partial charge < -0.3 is 30.9 Å². The number of carboxylic acid groups (broad SMARTS) is 1. The molecule has 146 valence electrons. The summed E-state index contributed by atoms with van der Waals surface area (Å²) in [5.41, 5.74) is 6.74. The lowest BCUT2D eigenvalue weighted by atomic mass is 10.1. The fourth-order valence-corrected chi connectivity index (χ4v) is 2.74. The number of benzene rings is 1. The Balaban J connectivity index is 2.50. The highest BCUT2D eigenvalue weighted by Crippen LogP contribution is 2.34. The van der Waals surface area contributed by atoms with Crippen LogP contribution in [0.2, 0.25) is 0 Å². The number of amides is 1. The molecule has 0 aliphatic carbocycles. The summed E-state index contributed by atoms with van der Waals surface area (Å²) < 4.78 is 6.93. The van der Waals surface area contributed by atoms with E-state index >= 15 is 0 Å². The van der Waals surface area contributed by atoms with Gasteiger partial charge in [-0.3, -0.25) is 4.79 Å². The molecule has 0 aliphatic heterocycles. The SMILES string of the molecule is CNCCN(C)P(O)OCCC(NC(=O)c1ccc(CN)cc1)C(=O)O. The molecule has 0 heterocycles. The van der Waals surface area contributed by atoms with Crippen molar-refractivity contribution in [1.29, 1.82) is 0 Å². The number of likely N-dealkylation sites (N-methyl/N-ethyl adjacent to an activating group) is 2. The van der Waals surface area contributed by atoms with E-state index in [-0.39, 0.29) is 13.0 Å². The summed E-state index contributed by atoms with van der Waals surface area (Å²) in [4.78, 5) is 33.4. The zero-order chi connectivity index (χ0) is 19.5. The average molecular weight is 386 g/mol. The van der Waals surface area contributed by atoms with Gasteiger partial charge in [-0.05, 0) is 31.8 Å². The summed E-state index contributed by atoms with van der Waals surface area (Å²) in [5, 5.41) is 14.7. The zero-order valence-corrected chi connectivity index (χ0v) is 15.9. The number of nitrogens with one attached hydrogen (secondary N) is 2. The third-order valence-electron chi connectivity index (χ3n) is 3.65. The van der Waals surface area contributed by atoms with E-state index in [0.29, 0.717) is 25.2 Å². The Morgan fingerprint density at radius 2 is 2.00 bits per heavy atom. The number of aliphatic carboxylic acids is 1. The van der Waals surface area contributed by atoms with Gasteiger partial charge >= 0.3 is 5.97 Å². The fourth-order valence-electron chi connectivity index (χ4n) is 2.00. The Hall–Kier alpha value is -1.61. The molecular weight excluding hydrogens is 359 g/mol. The van der Waals surface area contributed by atoms with Crippen molar-refractivity contribution in [2.24, 2.45) is 5.73 Å². The lowest BCUT2D eigenvalue weighted by Crippen LogP contribution is -2.41. The first-order valence-electron chi connectivity index (χ1n) is 8.19. The van der Waals surface area contributed by atoms with Gasteiger partial charge in [0.25, 0.3) is 14.4 Å². The molecule has 26 heavy (non-hydrogen) atoms. The van der Waals surface area contributed by atoms with Crippen molar-refractivity contribution in [2.75, 3.05) is 33.8 Å². The van der Waals surface area contributed by atoms with Crippen molar-refractivity contribution in [3.05, 3.63) is 35.4 Å². The molecule has 0 aliphatic rings. The first-order chi connectivity index (χ1) is 12.4. The van der Waals surface area contributed by atoms with Gasteiger partial charge in [-0.15, -0.1) is 0 Å². The third-order valence-corrected chi connectivity index (χ3v) is 4.84. The van der Waals surface area contributed by atoms with Crippen molar-refractivity contribution in [3.63, 3.8) is 0 Å². The van der Waals surface area contributed by atoms with E-state index in [1.807, 2.05) is 0 Å². The highest BCUT2D eigenvalue weighted by atomic mass is 31.2. The molecule has 2 atom stereocenters. The van der Waals surface area contributed by atoms with Crippen LogP contribution in [-0.2, 0) is 15.9 Å². The largest absolute Gasteiger partial charge is 0.480 e. The minimum atomic E-state index is -1.80. The van der Waals surface area contributed by atoms with Crippen molar-refractivity contribution in [3.8, 4) is 0 Å². The van der Waals surface area contributed by atoms with Crippen LogP contribution in [0.25, 0.3) is 0 Å². The lowest BCUT2D eigenvalue weighted by molar-refractivity contribution is -0.139. The topological polar surface area (TPSA) is 137 Å². The van der Waals surface area contributed by atoms with Crippen LogP contribution >= 0.6 is 8.53 Å². The average Bonchev–Trinajstić information content (AvgIpc) is 2.64. The Morgan fingerprint density at radius 1 is 1.35 bits per heavy atom. The second-order valence-electron chi connectivity index (χ2n) is 5.62. The van der Waals surface area contributed by atoms with E-state index in [2.05, 4.69) is 10.6 Å². The van der Waals surface area contributed by atoms with E-state index in [1.165, 1.54) is 0 Å². The van der Waals surface area contributed by atoms with E-state index < -0.39 is 26.4 Å². The Morgan fingerprint density at radius 3 is 2.54 bits per heavy atom. The Kier molecular flexibility index (Phi) is 10.3. The maximum atomic E-state index is 12.2. The monoisotopic (exact) mass is 386 g/mol. The van der Waals surface area contributed by atoms with Gasteiger partial charge in [-0.1, -0.05) is 12.1 Å². The highest BCUT2D eigenvalue weighted by molar-refractivity contribution is 7.43. The van der Waals surface area contributed by atoms with Gasteiger partial charge in [0.2, 0.25) is 0 Å². The van der Waals surface area contributed by atoms with E-state index in [9.17, 15) is 19.6 Å². The predicted molar refractivity (Wildman–Crippen MR) is 99.5 cm³/mol. The summed E-state index contributed by atoms with van der Waals surface area (Å²) >= 11 is 0. The number of rotatable bonds is 12. The second kappa shape index (κ2) is 11.9. The number of hydrogen-bond donors (Lipinski definition) is 5. The van der Waals surface area contributed by atoms with Crippen LogP contribution in [0.4, 0.5) is 0 Å². The molecule has 10 heteroatoms. The molecule has 6 N–H and O–H groups in total. The van der Waals surface area contributed by atoms with Crippen LogP contribution < -0.4 is 16.4 Å². The molecule has 2 unspecified atom stereocenters. The number of carbonyl (C=O) groups is 2. The number of nitrogens with zero attached hydrogens (tertiary/aromatic N) is 1. The second-order valence-corrected chi connectivity index (χ2v) is 7.07. The van der Waals surface area contributed by atoms with E-state index in [1.54, 1.807) is 43.0 Å². The standard InChI is InChI=1S/C16H27N4O5P/c1-18-8-9-20(2)26(24)25-10-7-14(16(22)23)19-15(21)13-5-3-12(11-17)4-6-13/h3-6,14,18,24H,7-11,17H2,1-2H3,(H,19,21)(H,22,23). The van der Waals surface area contributed by atoms with Crippen molar-refractivity contribution < 1.29 is 24.1 Å². The summed E-state index contributed by atoms with van der Waals surface area (Å²) in [7, 11) is 1.72. The summed E-state index contributed by atoms with van der Waals surface area (Å²) in [5.74, 6) is -1.65. The van der Waals surface area contributed by atoms with Gasteiger partial charge in [0.1, 0.15) is 6.04 Å². The molecule has 9 nitrogen and oxygen atoms in total. The molecule has 0 saturated carbocycles. The minimum Gasteiger partial charge on any atom is -0.480 e. The maximum Gasteiger partial charge on any atom is 0.326 e. The molecule has 1 aromatic carbocycles. The molecule has 0 aromatic heterocycles. The zero-order valence-electron chi connectivity index (χ0n) is 15.0. The molecule has 0 bridgehead atoms. The molecule has 1 rings (SSSR count). The predicted octanol–water partition coefficient (Wildman–Crippen LogP) is 0.105. The smallest absolute Gasteiger partial charge is 0.326 e. The lowest BCUT2D eigenvalue weighted by Gasteiger charge is -2.22. The molecule has 0 spiro atoms. The molecule has 0 radical (unpaired) electrons. The van der Waals surface area contributed by atoms with Crippen LogP contribution in [0, 0.1) is 0 Å². The first-order valence-corrected chi connectivity index (χ1v) is 9.35. The molecule has 0 saturated heterocycles. The molecule has 0 fully saturated rings. The maximum absolute atomic E-state index is 12.2. The molecule has 1 aromatic rings. The van der Waals surface area contributed by atoms with Gasteiger partial charge in [0.15, 0.2) is 0 Å². The third kappa shape index (κ3) is 7.74. The van der Waals surface area contributed by atoms with Crippen LogP contribution in [0.1, 0.15) is 22.3 Å². The number of hydrogen-bond acceptors (Lipinski definition) is 7. The van der Waals surface area contributed by atoms with Gasteiger partial charge in [-0.2, -0.15) is 0 Å².